The maximum absolute atomic E-state index is 5.31. The first-order valence-electron chi connectivity index (χ1n) is 7.02. The van der Waals surface area contributed by atoms with Crippen LogP contribution in [0.4, 0.5) is 0 Å². The van der Waals surface area contributed by atoms with Crippen molar-refractivity contribution < 1.29 is 4.74 Å². The minimum absolute atomic E-state index is 0.529. The van der Waals surface area contributed by atoms with E-state index in [9.17, 15) is 0 Å². The Kier molecular flexibility index (Phi) is 8.10. The molecule has 0 saturated carbocycles. The average Bonchev–Trinajstić information content (AvgIpc) is 2.32. The first-order valence-corrected chi connectivity index (χ1v) is 7.90. The van der Waals surface area contributed by atoms with Gasteiger partial charge in [-0.15, -0.1) is 11.8 Å². The lowest BCUT2D eigenvalue weighted by molar-refractivity contribution is 0.145. The molecule has 0 amide bonds. The Morgan fingerprint density at radius 3 is 2.84 bits per heavy atom. The molecule has 0 aromatic carbocycles. The number of rotatable bonds is 9. The molecule has 0 aliphatic rings. The summed E-state index contributed by atoms with van der Waals surface area (Å²) in [5.74, 6) is 0. The highest BCUT2D eigenvalue weighted by Gasteiger charge is 2.06. The Bertz CT molecular complexity index is 351. The molecule has 4 heteroatoms. The Balaban J connectivity index is 2.21. The minimum Gasteiger partial charge on any atom is -0.382 e. The zero-order valence-corrected chi connectivity index (χ0v) is 13.3. The van der Waals surface area contributed by atoms with Crippen molar-refractivity contribution in [3.8, 4) is 0 Å². The lowest BCUT2D eigenvalue weighted by atomic mass is 10.3. The standard InChI is InChI=1S/C15H26N2OS/c1-5-18-8-6-7-16-11-14(4)19-15-10-12(2)9-13(3)17-15/h9-10,14,16H,5-8,11H2,1-4H3. The van der Waals surface area contributed by atoms with E-state index in [-0.39, 0.29) is 0 Å². The molecule has 0 saturated heterocycles. The summed E-state index contributed by atoms with van der Waals surface area (Å²) in [6.45, 7) is 12.1. The first-order chi connectivity index (χ1) is 9.11. The number of nitrogens with one attached hydrogen (secondary N) is 1. The topological polar surface area (TPSA) is 34.1 Å². The molecule has 0 bridgehead atoms. The van der Waals surface area contributed by atoms with Gasteiger partial charge in [-0.1, -0.05) is 6.92 Å². The molecule has 3 nitrogen and oxygen atoms in total. The van der Waals surface area contributed by atoms with Crippen LogP contribution in [0.1, 0.15) is 31.5 Å². The smallest absolute Gasteiger partial charge is 0.0968 e. The lowest BCUT2D eigenvalue weighted by Crippen LogP contribution is -2.24. The number of hydrogen-bond donors (Lipinski definition) is 1. The van der Waals surface area contributed by atoms with E-state index < -0.39 is 0 Å². The summed E-state index contributed by atoms with van der Waals surface area (Å²) in [6, 6.07) is 4.27. The lowest BCUT2D eigenvalue weighted by Gasteiger charge is -2.12. The van der Waals surface area contributed by atoms with Crippen LogP contribution in [0.15, 0.2) is 17.2 Å². The Morgan fingerprint density at radius 2 is 2.16 bits per heavy atom. The number of ether oxygens (including phenoxy) is 1. The van der Waals surface area contributed by atoms with E-state index >= 15 is 0 Å². The number of pyridine rings is 1. The van der Waals surface area contributed by atoms with Crippen LogP contribution in [0.3, 0.4) is 0 Å². The molecule has 0 aliphatic carbocycles. The zero-order valence-electron chi connectivity index (χ0n) is 12.5. The van der Waals surface area contributed by atoms with Gasteiger partial charge in [-0.05, 0) is 51.4 Å². The molecular weight excluding hydrogens is 256 g/mol. The van der Waals surface area contributed by atoms with Gasteiger partial charge in [0.2, 0.25) is 0 Å². The first kappa shape index (κ1) is 16.5. The summed E-state index contributed by atoms with van der Waals surface area (Å²) >= 11 is 1.84. The second-order valence-electron chi connectivity index (χ2n) is 4.81. The molecule has 1 atom stereocenters. The largest absolute Gasteiger partial charge is 0.382 e. The number of nitrogens with zero attached hydrogens (tertiary/aromatic N) is 1. The zero-order chi connectivity index (χ0) is 14.1. The van der Waals surface area contributed by atoms with Crippen molar-refractivity contribution in [1.29, 1.82) is 0 Å². The van der Waals surface area contributed by atoms with E-state index in [1.807, 2.05) is 25.6 Å². The summed E-state index contributed by atoms with van der Waals surface area (Å²) in [7, 11) is 0. The van der Waals surface area contributed by atoms with Gasteiger partial charge < -0.3 is 10.1 Å². The minimum atomic E-state index is 0.529. The van der Waals surface area contributed by atoms with Crippen molar-refractivity contribution in [1.82, 2.24) is 10.3 Å². The predicted molar refractivity (Wildman–Crippen MR) is 83.0 cm³/mol. The number of aryl methyl sites for hydroxylation is 2. The van der Waals surface area contributed by atoms with Crippen LogP contribution < -0.4 is 5.32 Å². The number of thioether (sulfide) groups is 1. The van der Waals surface area contributed by atoms with E-state index in [0.717, 1.165) is 43.4 Å². The highest BCUT2D eigenvalue weighted by molar-refractivity contribution is 7.99. The van der Waals surface area contributed by atoms with Crippen LogP contribution in [-0.2, 0) is 4.74 Å². The van der Waals surface area contributed by atoms with Gasteiger partial charge in [-0.3, -0.25) is 0 Å². The van der Waals surface area contributed by atoms with E-state index in [1.54, 1.807) is 0 Å². The van der Waals surface area contributed by atoms with Crippen molar-refractivity contribution in [2.45, 2.75) is 44.4 Å². The SMILES string of the molecule is CCOCCCNCC(C)Sc1cc(C)cc(C)n1. The molecule has 1 N–H and O–H groups in total. The van der Waals surface area contributed by atoms with Gasteiger partial charge >= 0.3 is 0 Å². The average molecular weight is 282 g/mol. The molecule has 108 valence electrons. The maximum Gasteiger partial charge on any atom is 0.0968 e. The van der Waals surface area contributed by atoms with E-state index in [0.29, 0.717) is 5.25 Å². The van der Waals surface area contributed by atoms with E-state index in [1.165, 1.54) is 5.56 Å². The highest BCUT2D eigenvalue weighted by atomic mass is 32.2. The van der Waals surface area contributed by atoms with Crippen LogP contribution in [0.2, 0.25) is 0 Å². The molecule has 0 spiro atoms. The molecule has 0 radical (unpaired) electrons. The second-order valence-corrected chi connectivity index (χ2v) is 6.27. The molecule has 1 heterocycles. The maximum atomic E-state index is 5.31. The third kappa shape index (κ3) is 7.55. The normalized spacial score (nSPS) is 12.6. The van der Waals surface area contributed by atoms with E-state index in [2.05, 4.69) is 36.3 Å². The van der Waals surface area contributed by atoms with Crippen LogP contribution >= 0.6 is 11.8 Å². The predicted octanol–water partition coefficient (Wildman–Crippen LogP) is 3.20. The Hall–Kier alpha value is -0.580. The third-order valence-corrected chi connectivity index (χ3v) is 3.69. The van der Waals surface area contributed by atoms with Crippen molar-refractivity contribution in [3.63, 3.8) is 0 Å². The molecule has 1 rings (SSSR count). The molecule has 0 fully saturated rings. The van der Waals surface area contributed by atoms with E-state index in [4.69, 9.17) is 4.74 Å². The fraction of sp³-hybridized carbons (Fsp3) is 0.667. The summed E-state index contributed by atoms with van der Waals surface area (Å²) in [5.41, 5.74) is 2.38. The molecule has 0 aliphatic heterocycles. The van der Waals surface area contributed by atoms with Crippen LogP contribution in [0.25, 0.3) is 0 Å². The quantitative estimate of drug-likeness (QED) is 0.557. The molecule has 1 aromatic heterocycles. The fourth-order valence-electron chi connectivity index (χ4n) is 1.86. The van der Waals surface area contributed by atoms with Gasteiger partial charge in [0.25, 0.3) is 0 Å². The highest BCUT2D eigenvalue weighted by Crippen LogP contribution is 2.22. The Morgan fingerprint density at radius 1 is 1.37 bits per heavy atom. The van der Waals surface area contributed by atoms with Gasteiger partial charge in [0, 0.05) is 30.7 Å². The number of hydrogen-bond acceptors (Lipinski definition) is 4. The van der Waals surface area contributed by atoms with Gasteiger partial charge in [0.15, 0.2) is 0 Å². The van der Waals surface area contributed by atoms with Crippen molar-refractivity contribution in [2.24, 2.45) is 0 Å². The molecular formula is C15H26N2OS. The summed E-state index contributed by atoms with van der Waals surface area (Å²) in [5, 5.41) is 5.12. The van der Waals surface area contributed by atoms with Crippen molar-refractivity contribution >= 4 is 11.8 Å². The molecule has 1 aromatic rings. The monoisotopic (exact) mass is 282 g/mol. The van der Waals surface area contributed by atoms with Crippen LogP contribution in [0.5, 0.6) is 0 Å². The van der Waals surface area contributed by atoms with Crippen molar-refractivity contribution in [3.05, 3.63) is 23.4 Å². The summed E-state index contributed by atoms with van der Waals surface area (Å²) in [4.78, 5) is 4.56. The molecule has 1 unspecified atom stereocenters. The fourth-order valence-corrected chi connectivity index (χ4v) is 2.93. The molecule has 19 heavy (non-hydrogen) atoms. The van der Waals surface area contributed by atoms with Crippen LogP contribution in [-0.4, -0.2) is 36.5 Å². The van der Waals surface area contributed by atoms with Gasteiger partial charge in [-0.25, -0.2) is 4.98 Å². The third-order valence-electron chi connectivity index (χ3n) is 2.67. The van der Waals surface area contributed by atoms with Gasteiger partial charge in [0.1, 0.15) is 0 Å². The van der Waals surface area contributed by atoms with Crippen molar-refractivity contribution in [2.75, 3.05) is 26.3 Å². The van der Waals surface area contributed by atoms with Gasteiger partial charge in [-0.2, -0.15) is 0 Å². The number of aromatic nitrogens is 1. The Labute approximate surface area is 121 Å². The summed E-state index contributed by atoms with van der Waals surface area (Å²) < 4.78 is 5.31. The second kappa shape index (κ2) is 9.34. The summed E-state index contributed by atoms with van der Waals surface area (Å²) in [6.07, 6.45) is 1.08. The van der Waals surface area contributed by atoms with Crippen LogP contribution in [0, 0.1) is 13.8 Å². The van der Waals surface area contributed by atoms with Gasteiger partial charge in [0.05, 0.1) is 5.03 Å².